The lowest BCUT2D eigenvalue weighted by molar-refractivity contribution is 0.245. The molecule has 0 fully saturated rings. The molecule has 4 heterocycles. The normalized spacial score (nSPS) is 14.0. The molecule has 0 bridgehead atoms. The third kappa shape index (κ3) is 4.05. The number of fused-ring (bicyclic) bond motifs is 1. The third-order valence-electron chi connectivity index (χ3n) is 5.00. The van der Waals surface area contributed by atoms with Crippen LogP contribution in [-0.2, 0) is 19.5 Å². The molecule has 144 valence electrons. The van der Waals surface area contributed by atoms with Gasteiger partial charge in [0.2, 0.25) is 0 Å². The van der Waals surface area contributed by atoms with E-state index in [1.807, 2.05) is 29.7 Å². The number of hydrogen-bond donors (Lipinski definition) is 0. The lowest BCUT2D eigenvalue weighted by Crippen LogP contribution is -2.30. The van der Waals surface area contributed by atoms with E-state index in [2.05, 4.69) is 44.1 Å². The van der Waals surface area contributed by atoms with E-state index in [1.54, 1.807) is 12.4 Å². The van der Waals surface area contributed by atoms with Crippen molar-refractivity contribution in [3.05, 3.63) is 82.5 Å². The molecule has 7 heteroatoms. The van der Waals surface area contributed by atoms with E-state index in [1.165, 1.54) is 27.2 Å². The number of aromatic nitrogens is 4. The molecule has 5 nitrogen and oxygen atoms in total. The summed E-state index contributed by atoms with van der Waals surface area (Å²) >= 11 is 7.84. The molecule has 4 aromatic rings. The largest absolute Gasteiger partial charge is 0.293 e. The van der Waals surface area contributed by atoms with Gasteiger partial charge in [0.25, 0.3) is 0 Å². The predicted molar refractivity (Wildman–Crippen MR) is 116 cm³/mol. The number of nitrogens with zero attached hydrogens (tertiary/aromatic N) is 5. The van der Waals surface area contributed by atoms with Crippen LogP contribution in [0.3, 0.4) is 0 Å². The molecule has 0 N–H and O–H groups in total. The second-order valence-corrected chi connectivity index (χ2v) is 8.63. The van der Waals surface area contributed by atoms with E-state index < -0.39 is 0 Å². The van der Waals surface area contributed by atoms with Crippen molar-refractivity contribution in [2.45, 2.75) is 19.5 Å². The lowest BCUT2D eigenvalue weighted by atomic mass is 10.1. The molecule has 0 saturated heterocycles. The fourth-order valence-corrected chi connectivity index (χ4v) is 4.70. The number of halogens is 1. The van der Waals surface area contributed by atoms with Crippen LogP contribution in [-0.4, -0.2) is 31.4 Å². The second-order valence-electron chi connectivity index (χ2n) is 7.03. The minimum atomic E-state index is 0.698. The summed E-state index contributed by atoms with van der Waals surface area (Å²) in [5.74, 6) is 0.698. The minimum absolute atomic E-state index is 0.698. The van der Waals surface area contributed by atoms with Crippen molar-refractivity contribution in [1.29, 1.82) is 0 Å². The smallest absolute Gasteiger partial charge is 0.162 e. The summed E-state index contributed by atoms with van der Waals surface area (Å²) in [6, 6.07) is 12.4. The van der Waals surface area contributed by atoms with E-state index in [0.29, 0.717) is 5.82 Å². The SMILES string of the molecule is Clc1ccc(-c2ccc(CN3CCc4nc(-c5cncnc5)ncc4C3)s2)cc1. The Balaban J connectivity index is 1.29. The first-order valence-electron chi connectivity index (χ1n) is 9.42. The van der Waals surface area contributed by atoms with Crippen molar-refractivity contribution in [3.63, 3.8) is 0 Å². The van der Waals surface area contributed by atoms with Gasteiger partial charge in [-0.05, 0) is 29.8 Å². The first kappa shape index (κ1) is 18.4. The number of rotatable bonds is 4. The van der Waals surface area contributed by atoms with Gasteiger partial charge in [0.1, 0.15) is 6.33 Å². The molecule has 1 aliphatic rings. The van der Waals surface area contributed by atoms with E-state index in [-0.39, 0.29) is 0 Å². The molecule has 1 aliphatic heterocycles. The minimum Gasteiger partial charge on any atom is -0.293 e. The highest BCUT2D eigenvalue weighted by Crippen LogP contribution is 2.30. The van der Waals surface area contributed by atoms with Gasteiger partial charge in [0.15, 0.2) is 5.82 Å². The highest BCUT2D eigenvalue weighted by atomic mass is 35.5. The molecular formula is C22H18ClN5S. The summed E-state index contributed by atoms with van der Waals surface area (Å²) in [7, 11) is 0. The highest BCUT2D eigenvalue weighted by molar-refractivity contribution is 7.15. The van der Waals surface area contributed by atoms with Crippen LogP contribution in [0.4, 0.5) is 0 Å². The summed E-state index contributed by atoms with van der Waals surface area (Å²) in [6.07, 6.45) is 7.89. The van der Waals surface area contributed by atoms with Gasteiger partial charge >= 0.3 is 0 Å². The van der Waals surface area contributed by atoms with Crippen molar-refractivity contribution in [2.24, 2.45) is 0 Å². The molecule has 0 spiro atoms. The number of benzene rings is 1. The summed E-state index contributed by atoms with van der Waals surface area (Å²) in [6.45, 7) is 2.80. The highest BCUT2D eigenvalue weighted by Gasteiger charge is 2.19. The van der Waals surface area contributed by atoms with Crippen LogP contribution < -0.4 is 0 Å². The van der Waals surface area contributed by atoms with Crippen LogP contribution in [0.5, 0.6) is 0 Å². The van der Waals surface area contributed by atoms with Gasteiger partial charge < -0.3 is 0 Å². The van der Waals surface area contributed by atoms with Gasteiger partial charge in [-0.2, -0.15) is 0 Å². The molecule has 0 aliphatic carbocycles. The maximum absolute atomic E-state index is 6.00. The Labute approximate surface area is 178 Å². The Bertz CT molecular complexity index is 1130. The first-order valence-corrected chi connectivity index (χ1v) is 10.6. The van der Waals surface area contributed by atoms with Crippen LogP contribution >= 0.6 is 22.9 Å². The standard InChI is InChI=1S/C22H18ClN5S/c23-18-3-1-15(2-4-18)21-6-5-19(29-21)13-28-8-7-20-17(12-28)11-26-22(27-20)16-9-24-14-25-10-16/h1-6,9-11,14H,7-8,12-13H2. The summed E-state index contributed by atoms with van der Waals surface area (Å²) < 4.78 is 0. The molecule has 1 aromatic carbocycles. The molecule has 3 aromatic heterocycles. The maximum Gasteiger partial charge on any atom is 0.162 e. The molecule has 0 atom stereocenters. The zero-order valence-corrected chi connectivity index (χ0v) is 17.2. The van der Waals surface area contributed by atoms with E-state index >= 15 is 0 Å². The predicted octanol–water partition coefficient (Wildman–Crippen LogP) is 4.87. The Morgan fingerprint density at radius 2 is 1.79 bits per heavy atom. The zero-order chi connectivity index (χ0) is 19.6. The average molecular weight is 420 g/mol. The fraction of sp³-hybridized carbons (Fsp3) is 0.182. The van der Waals surface area contributed by atoms with Crippen molar-refractivity contribution in [1.82, 2.24) is 24.8 Å². The topological polar surface area (TPSA) is 54.8 Å². The Morgan fingerprint density at radius 3 is 2.62 bits per heavy atom. The van der Waals surface area contributed by atoms with Crippen LogP contribution in [0.25, 0.3) is 21.8 Å². The third-order valence-corrected chi connectivity index (χ3v) is 6.37. The molecule has 0 unspecified atom stereocenters. The number of thiophene rings is 1. The summed E-state index contributed by atoms with van der Waals surface area (Å²) in [5.41, 5.74) is 4.39. The van der Waals surface area contributed by atoms with Gasteiger partial charge in [-0.1, -0.05) is 23.7 Å². The molecule has 0 saturated carbocycles. The van der Waals surface area contributed by atoms with Gasteiger partial charge in [0, 0.05) is 65.0 Å². The lowest BCUT2D eigenvalue weighted by Gasteiger charge is -2.27. The number of hydrogen-bond acceptors (Lipinski definition) is 6. The van der Waals surface area contributed by atoms with E-state index in [0.717, 1.165) is 42.3 Å². The fourth-order valence-electron chi connectivity index (χ4n) is 3.52. The van der Waals surface area contributed by atoms with E-state index in [9.17, 15) is 0 Å². The van der Waals surface area contributed by atoms with Gasteiger partial charge in [0.05, 0.1) is 11.3 Å². The van der Waals surface area contributed by atoms with Gasteiger partial charge in [-0.3, -0.25) is 4.90 Å². The summed E-state index contributed by atoms with van der Waals surface area (Å²) in [4.78, 5) is 22.5. The first-order chi connectivity index (χ1) is 14.2. The Morgan fingerprint density at radius 1 is 0.966 bits per heavy atom. The van der Waals surface area contributed by atoms with Crippen LogP contribution in [0, 0.1) is 0 Å². The van der Waals surface area contributed by atoms with Crippen LogP contribution in [0.2, 0.25) is 5.02 Å². The van der Waals surface area contributed by atoms with Crippen molar-refractivity contribution < 1.29 is 0 Å². The van der Waals surface area contributed by atoms with Crippen molar-refractivity contribution >= 4 is 22.9 Å². The molecular weight excluding hydrogens is 402 g/mol. The molecule has 0 radical (unpaired) electrons. The van der Waals surface area contributed by atoms with Crippen molar-refractivity contribution in [3.8, 4) is 21.8 Å². The quantitative estimate of drug-likeness (QED) is 0.472. The second kappa shape index (κ2) is 7.99. The van der Waals surface area contributed by atoms with Crippen molar-refractivity contribution in [2.75, 3.05) is 6.54 Å². The zero-order valence-electron chi connectivity index (χ0n) is 15.6. The van der Waals surface area contributed by atoms with Gasteiger partial charge in [-0.15, -0.1) is 11.3 Å². The maximum atomic E-state index is 6.00. The Kier molecular flexibility index (Phi) is 5.06. The van der Waals surface area contributed by atoms with Crippen LogP contribution in [0.1, 0.15) is 16.1 Å². The molecule has 0 amide bonds. The average Bonchev–Trinajstić information content (AvgIpc) is 3.23. The van der Waals surface area contributed by atoms with Gasteiger partial charge in [-0.25, -0.2) is 19.9 Å². The Hall–Kier alpha value is -2.67. The monoisotopic (exact) mass is 419 g/mol. The molecule has 5 rings (SSSR count). The summed E-state index contributed by atoms with van der Waals surface area (Å²) in [5, 5.41) is 0.766. The molecule has 29 heavy (non-hydrogen) atoms. The van der Waals surface area contributed by atoms with E-state index in [4.69, 9.17) is 16.6 Å². The van der Waals surface area contributed by atoms with Crippen LogP contribution in [0.15, 0.2) is 61.3 Å².